The third-order valence-corrected chi connectivity index (χ3v) is 3.31. The topological polar surface area (TPSA) is 83.2 Å². The number of aryl methyl sites for hydroxylation is 1. The van der Waals surface area contributed by atoms with E-state index in [-0.39, 0.29) is 6.03 Å². The number of carbonyl (C=O) groups excluding carboxylic acids is 1. The zero-order chi connectivity index (χ0) is 17.4. The second kappa shape index (κ2) is 8.58. The molecule has 1 aromatic carbocycles. The molecule has 7 heteroatoms. The molecule has 0 aliphatic carbocycles. The molecule has 0 spiro atoms. The van der Waals surface area contributed by atoms with Crippen molar-refractivity contribution in [2.24, 2.45) is 7.05 Å². The van der Waals surface area contributed by atoms with Gasteiger partial charge in [0.25, 0.3) is 0 Å². The van der Waals surface area contributed by atoms with Crippen LogP contribution in [-0.4, -0.2) is 34.4 Å². The molecule has 0 saturated heterocycles. The van der Waals surface area contributed by atoms with Gasteiger partial charge in [-0.05, 0) is 18.6 Å². The number of nitrogens with one attached hydrogen (secondary N) is 1. The molecule has 0 radical (unpaired) electrons. The monoisotopic (exact) mass is 327 g/mol. The Bertz CT molecular complexity index is 720. The summed E-state index contributed by atoms with van der Waals surface area (Å²) in [5, 5.41) is 15.4. The van der Waals surface area contributed by atoms with E-state index in [9.17, 15) is 4.79 Å². The van der Waals surface area contributed by atoms with Gasteiger partial charge in [0, 0.05) is 44.0 Å². The summed E-state index contributed by atoms with van der Waals surface area (Å²) in [4.78, 5) is 13.8. The maximum absolute atomic E-state index is 12.2. The minimum atomic E-state index is -0.208. The van der Waals surface area contributed by atoms with E-state index in [1.807, 2.05) is 25.4 Å². The van der Waals surface area contributed by atoms with Crippen LogP contribution in [0.4, 0.5) is 10.5 Å². The van der Waals surface area contributed by atoms with Crippen molar-refractivity contribution in [2.75, 3.05) is 19.0 Å². The Morgan fingerprint density at radius 3 is 3.04 bits per heavy atom. The van der Waals surface area contributed by atoms with E-state index in [4.69, 9.17) is 10.00 Å². The first-order chi connectivity index (χ1) is 11.6. The van der Waals surface area contributed by atoms with Crippen molar-refractivity contribution >= 4 is 11.7 Å². The second-order valence-electron chi connectivity index (χ2n) is 5.45. The van der Waals surface area contributed by atoms with E-state index in [0.717, 1.165) is 5.56 Å². The molecule has 2 aromatic rings. The molecule has 1 heterocycles. The number of nitrogens with zero attached hydrogens (tertiary/aromatic N) is 4. The number of ether oxygens (including phenoxy) is 1. The van der Waals surface area contributed by atoms with Crippen LogP contribution in [0.15, 0.2) is 36.7 Å². The number of hydrogen-bond acceptors (Lipinski definition) is 4. The number of benzene rings is 1. The average Bonchev–Trinajstić information content (AvgIpc) is 2.97. The molecule has 1 aromatic heterocycles. The number of urea groups is 1. The SMILES string of the molecule is CN(Cc1cnn(C)c1)C(=O)Nc1cccc(OCCCC#N)c1. The Morgan fingerprint density at radius 1 is 1.50 bits per heavy atom. The van der Waals surface area contributed by atoms with Gasteiger partial charge in [-0.2, -0.15) is 10.4 Å². The Morgan fingerprint density at radius 2 is 2.33 bits per heavy atom. The fraction of sp³-hybridized carbons (Fsp3) is 0.353. The average molecular weight is 327 g/mol. The van der Waals surface area contributed by atoms with Gasteiger partial charge in [-0.25, -0.2) is 4.79 Å². The highest BCUT2D eigenvalue weighted by Crippen LogP contribution is 2.18. The summed E-state index contributed by atoms with van der Waals surface area (Å²) >= 11 is 0. The highest BCUT2D eigenvalue weighted by Gasteiger charge is 2.10. The molecule has 0 saturated carbocycles. The molecule has 126 valence electrons. The zero-order valence-electron chi connectivity index (χ0n) is 13.9. The lowest BCUT2D eigenvalue weighted by molar-refractivity contribution is 0.220. The number of carbonyl (C=O) groups is 1. The van der Waals surface area contributed by atoms with Crippen molar-refractivity contribution in [1.82, 2.24) is 14.7 Å². The lowest BCUT2D eigenvalue weighted by atomic mass is 10.3. The van der Waals surface area contributed by atoms with Gasteiger partial charge in [0.2, 0.25) is 0 Å². The van der Waals surface area contributed by atoms with E-state index in [1.54, 1.807) is 35.0 Å². The maximum Gasteiger partial charge on any atom is 0.321 e. The number of anilines is 1. The van der Waals surface area contributed by atoms with Gasteiger partial charge in [-0.3, -0.25) is 4.68 Å². The van der Waals surface area contributed by atoms with Crippen molar-refractivity contribution in [1.29, 1.82) is 5.26 Å². The normalized spacial score (nSPS) is 10.0. The molecule has 0 fully saturated rings. The molecule has 0 unspecified atom stereocenters. The lowest BCUT2D eigenvalue weighted by Crippen LogP contribution is -2.30. The maximum atomic E-state index is 12.2. The van der Waals surface area contributed by atoms with Crippen molar-refractivity contribution in [3.05, 3.63) is 42.2 Å². The van der Waals surface area contributed by atoms with Gasteiger partial charge in [0.1, 0.15) is 5.75 Å². The highest BCUT2D eigenvalue weighted by molar-refractivity contribution is 5.89. The summed E-state index contributed by atoms with van der Waals surface area (Å²) in [6.45, 7) is 0.954. The Labute approximate surface area is 141 Å². The van der Waals surface area contributed by atoms with Crippen LogP contribution in [0.1, 0.15) is 18.4 Å². The van der Waals surface area contributed by atoms with Gasteiger partial charge in [0.15, 0.2) is 0 Å². The minimum absolute atomic E-state index is 0.208. The van der Waals surface area contributed by atoms with Crippen LogP contribution in [0, 0.1) is 11.3 Å². The van der Waals surface area contributed by atoms with Crippen LogP contribution < -0.4 is 10.1 Å². The predicted octanol–water partition coefficient (Wildman–Crippen LogP) is 2.77. The smallest absolute Gasteiger partial charge is 0.321 e. The van der Waals surface area contributed by atoms with Crippen LogP contribution in [-0.2, 0) is 13.6 Å². The molecular weight excluding hydrogens is 306 g/mol. The molecule has 0 aliphatic heterocycles. The molecule has 0 bridgehead atoms. The van der Waals surface area contributed by atoms with Crippen molar-refractivity contribution < 1.29 is 9.53 Å². The van der Waals surface area contributed by atoms with Gasteiger partial charge in [0.05, 0.1) is 25.4 Å². The van der Waals surface area contributed by atoms with Gasteiger partial charge in [-0.1, -0.05) is 6.07 Å². The van der Waals surface area contributed by atoms with Gasteiger partial charge < -0.3 is 15.0 Å². The Kier molecular flexibility index (Phi) is 6.20. The van der Waals surface area contributed by atoms with E-state index in [0.29, 0.717) is 37.4 Å². The van der Waals surface area contributed by atoms with Crippen molar-refractivity contribution in [2.45, 2.75) is 19.4 Å². The first kappa shape index (κ1) is 17.3. The highest BCUT2D eigenvalue weighted by atomic mass is 16.5. The summed E-state index contributed by atoms with van der Waals surface area (Å²) in [7, 11) is 3.57. The fourth-order valence-electron chi connectivity index (χ4n) is 2.12. The van der Waals surface area contributed by atoms with E-state index >= 15 is 0 Å². The Hall–Kier alpha value is -3.01. The molecule has 24 heavy (non-hydrogen) atoms. The first-order valence-corrected chi connectivity index (χ1v) is 7.68. The molecule has 0 aliphatic rings. The molecule has 1 N–H and O–H groups in total. The number of amides is 2. The summed E-state index contributed by atoms with van der Waals surface area (Å²) in [6.07, 6.45) is 4.76. The summed E-state index contributed by atoms with van der Waals surface area (Å²) < 4.78 is 7.26. The van der Waals surface area contributed by atoms with E-state index in [2.05, 4.69) is 16.5 Å². The van der Waals surface area contributed by atoms with Crippen LogP contribution in [0.25, 0.3) is 0 Å². The second-order valence-corrected chi connectivity index (χ2v) is 5.45. The van der Waals surface area contributed by atoms with Gasteiger partial charge in [-0.15, -0.1) is 0 Å². The molecule has 0 atom stereocenters. The minimum Gasteiger partial charge on any atom is -0.493 e. The number of nitriles is 1. The molecule has 2 amide bonds. The Balaban J connectivity index is 1.87. The van der Waals surface area contributed by atoms with Crippen LogP contribution in [0.3, 0.4) is 0 Å². The fourth-order valence-corrected chi connectivity index (χ4v) is 2.12. The molecular formula is C17H21N5O2. The lowest BCUT2D eigenvalue weighted by Gasteiger charge is -2.17. The molecule has 7 nitrogen and oxygen atoms in total. The summed E-state index contributed by atoms with van der Waals surface area (Å²) in [5.41, 5.74) is 1.63. The predicted molar refractivity (Wildman–Crippen MR) is 90.5 cm³/mol. The standard InChI is InChI=1S/C17H21N5O2/c1-21(12-14-11-19-22(2)13-14)17(23)20-15-6-5-7-16(10-15)24-9-4-3-8-18/h5-7,10-11,13H,3-4,9,12H2,1-2H3,(H,20,23). The van der Waals surface area contributed by atoms with Crippen molar-refractivity contribution in [3.63, 3.8) is 0 Å². The summed E-state index contributed by atoms with van der Waals surface area (Å²) in [6, 6.07) is 9.08. The number of unbranched alkanes of at least 4 members (excludes halogenated alkanes) is 1. The van der Waals surface area contributed by atoms with Crippen LogP contribution in [0.5, 0.6) is 5.75 Å². The van der Waals surface area contributed by atoms with Crippen LogP contribution >= 0.6 is 0 Å². The van der Waals surface area contributed by atoms with E-state index < -0.39 is 0 Å². The number of aromatic nitrogens is 2. The van der Waals surface area contributed by atoms with Crippen LogP contribution in [0.2, 0.25) is 0 Å². The van der Waals surface area contributed by atoms with E-state index in [1.165, 1.54) is 0 Å². The third-order valence-electron chi connectivity index (χ3n) is 3.31. The van der Waals surface area contributed by atoms with Crippen molar-refractivity contribution in [3.8, 4) is 11.8 Å². The largest absolute Gasteiger partial charge is 0.493 e. The quantitative estimate of drug-likeness (QED) is 0.793. The molecule has 2 rings (SSSR count). The zero-order valence-corrected chi connectivity index (χ0v) is 13.9. The third kappa shape index (κ3) is 5.32. The van der Waals surface area contributed by atoms with Gasteiger partial charge >= 0.3 is 6.03 Å². The summed E-state index contributed by atoms with van der Waals surface area (Å²) in [5.74, 6) is 0.667. The first-order valence-electron chi connectivity index (χ1n) is 7.68. The number of rotatable bonds is 7. The number of hydrogen-bond donors (Lipinski definition) is 1.